The minimum absolute atomic E-state index is 0.199. The first-order chi connectivity index (χ1) is 11.9. The average molecular weight is 356 g/mol. The summed E-state index contributed by atoms with van der Waals surface area (Å²) in [6.45, 7) is 7.58. The summed E-state index contributed by atoms with van der Waals surface area (Å²) in [5.41, 5.74) is 3.33. The predicted molar refractivity (Wildman–Crippen MR) is 98.1 cm³/mol. The lowest BCUT2D eigenvalue weighted by Gasteiger charge is -2.09. The fraction of sp³-hybridized carbons (Fsp3) is 0.158. The van der Waals surface area contributed by atoms with Crippen LogP contribution in [0.3, 0.4) is 0 Å². The molecule has 0 radical (unpaired) electrons. The second kappa shape index (κ2) is 6.72. The van der Waals surface area contributed by atoms with Crippen LogP contribution in [0.2, 0.25) is 0 Å². The van der Waals surface area contributed by atoms with E-state index < -0.39 is 0 Å². The van der Waals surface area contributed by atoms with Crippen molar-refractivity contribution in [3.05, 3.63) is 70.7 Å². The van der Waals surface area contributed by atoms with Crippen molar-refractivity contribution >= 4 is 29.0 Å². The SMILES string of the molecule is C=CCN1C(=O)S/C(=C/c2cc(C)n(-c3cccc(F)c3)c2C)C1=O. The van der Waals surface area contributed by atoms with E-state index in [1.165, 1.54) is 18.2 Å². The zero-order valence-corrected chi connectivity index (χ0v) is 14.8. The molecular weight excluding hydrogens is 339 g/mol. The standard InChI is InChI=1S/C19H17FN2O2S/c1-4-8-21-18(23)17(25-19(21)24)10-14-9-12(2)22(13(14)3)16-7-5-6-15(20)11-16/h4-7,9-11H,1,8H2,2-3H3/b17-10+. The molecule has 0 N–H and O–H groups in total. The van der Waals surface area contributed by atoms with Crippen LogP contribution in [0.15, 0.2) is 47.9 Å². The van der Waals surface area contributed by atoms with Gasteiger partial charge in [-0.1, -0.05) is 12.1 Å². The summed E-state index contributed by atoms with van der Waals surface area (Å²) in [6.07, 6.45) is 3.24. The maximum Gasteiger partial charge on any atom is 0.293 e. The van der Waals surface area contributed by atoms with E-state index >= 15 is 0 Å². The Kier molecular flexibility index (Phi) is 4.63. The third kappa shape index (κ3) is 3.17. The fourth-order valence-electron chi connectivity index (χ4n) is 2.87. The molecule has 0 spiro atoms. The zero-order chi connectivity index (χ0) is 18.1. The van der Waals surface area contributed by atoms with E-state index in [-0.39, 0.29) is 23.5 Å². The Hall–Kier alpha value is -2.60. The van der Waals surface area contributed by atoms with Crippen molar-refractivity contribution in [2.24, 2.45) is 0 Å². The molecule has 2 heterocycles. The van der Waals surface area contributed by atoms with Gasteiger partial charge in [-0.2, -0.15) is 0 Å². The first-order valence-electron chi connectivity index (χ1n) is 7.73. The molecule has 2 aromatic rings. The molecule has 3 rings (SSSR count). The Morgan fingerprint density at radius 2 is 2.00 bits per heavy atom. The summed E-state index contributed by atoms with van der Waals surface area (Å²) < 4.78 is 15.5. The third-order valence-electron chi connectivity index (χ3n) is 4.01. The van der Waals surface area contributed by atoms with E-state index in [1.54, 1.807) is 12.1 Å². The van der Waals surface area contributed by atoms with Gasteiger partial charge in [0, 0.05) is 23.6 Å². The van der Waals surface area contributed by atoms with Crippen molar-refractivity contribution in [2.45, 2.75) is 13.8 Å². The molecule has 1 saturated heterocycles. The van der Waals surface area contributed by atoms with Crippen LogP contribution < -0.4 is 0 Å². The minimum Gasteiger partial charge on any atom is -0.318 e. The van der Waals surface area contributed by atoms with Crippen LogP contribution >= 0.6 is 11.8 Å². The largest absolute Gasteiger partial charge is 0.318 e. The molecule has 0 bridgehead atoms. The second-order valence-electron chi connectivity index (χ2n) is 5.72. The van der Waals surface area contributed by atoms with Gasteiger partial charge in [0.15, 0.2) is 0 Å². The first-order valence-corrected chi connectivity index (χ1v) is 8.55. The number of aryl methyl sites for hydroxylation is 1. The molecule has 1 fully saturated rings. The maximum atomic E-state index is 13.5. The fourth-order valence-corrected chi connectivity index (χ4v) is 3.71. The lowest BCUT2D eigenvalue weighted by Crippen LogP contribution is -2.27. The molecule has 0 atom stereocenters. The molecule has 4 nitrogen and oxygen atoms in total. The molecule has 0 aliphatic carbocycles. The Bertz CT molecular complexity index is 914. The lowest BCUT2D eigenvalue weighted by atomic mass is 10.2. The number of amides is 2. The average Bonchev–Trinajstić information content (AvgIpc) is 2.98. The smallest absolute Gasteiger partial charge is 0.293 e. The first kappa shape index (κ1) is 17.2. The number of halogens is 1. The molecule has 1 aliphatic heterocycles. The molecule has 1 aromatic carbocycles. The molecule has 25 heavy (non-hydrogen) atoms. The summed E-state index contributed by atoms with van der Waals surface area (Å²) >= 11 is 0.920. The molecule has 2 amide bonds. The van der Waals surface area contributed by atoms with Crippen molar-refractivity contribution in [2.75, 3.05) is 6.54 Å². The van der Waals surface area contributed by atoms with Gasteiger partial charge in [0.25, 0.3) is 11.1 Å². The van der Waals surface area contributed by atoms with Crippen molar-refractivity contribution in [1.29, 1.82) is 0 Å². The number of aromatic nitrogens is 1. The maximum absolute atomic E-state index is 13.5. The van der Waals surface area contributed by atoms with E-state index in [2.05, 4.69) is 6.58 Å². The van der Waals surface area contributed by atoms with Crippen LogP contribution in [0, 0.1) is 19.7 Å². The number of carbonyl (C=O) groups is 2. The Morgan fingerprint density at radius 3 is 2.68 bits per heavy atom. The summed E-state index contributed by atoms with van der Waals surface area (Å²) in [5.74, 6) is -0.623. The van der Waals surface area contributed by atoms with Crippen molar-refractivity contribution in [3.63, 3.8) is 0 Å². The zero-order valence-electron chi connectivity index (χ0n) is 14.0. The topological polar surface area (TPSA) is 42.3 Å². The number of nitrogens with zero attached hydrogens (tertiary/aromatic N) is 2. The van der Waals surface area contributed by atoms with Gasteiger partial charge >= 0.3 is 0 Å². The highest BCUT2D eigenvalue weighted by atomic mass is 32.2. The van der Waals surface area contributed by atoms with E-state index in [0.29, 0.717) is 4.91 Å². The predicted octanol–water partition coefficient (Wildman–Crippen LogP) is 4.46. The van der Waals surface area contributed by atoms with Crippen LogP contribution in [0.5, 0.6) is 0 Å². The van der Waals surface area contributed by atoms with Gasteiger partial charge in [-0.05, 0) is 61.5 Å². The summed E-state index contributed by atoms with van der Waals surface area (Å²) in [6, 6.07) is 8.26. The van der Waals surface area contributed by atoms with Crippen LogP contribution in [0.4, 0.5) is 9.18 Å². The summed E-state index contributed by atoms with van der Waals surface area (Å²) in [4.78, 5) is 25.8. The van der Waals surface area contributed by atoms with Crippen molar-refractivity contribution in [3.8, 4) is 5.69 Å². The van der Waals surface area contributed by atoms with Gasteiger partial charge in [0.05, 0.1) is 4.91 Å². The van der Waals surface area contributed by atoms with E-state index in [0.717, 1.165) is 39.3 Å². The normalized spacial score (nSPS) is 16.1. The van der Waals surface area contributed by atoms with Gasteiger partial charge in [0.1, 0.15) is 5.82 Å². The minimum atomic E-state index is -0.314. The quantitative estimate of drug-likeness (QED) is 0.600. The number of hydrogen-bond acceptors (Lipinski definition) is 3. The van der Waals surface area contributed by atoms with Gasteiger partial charge in [-0.25, -0.2) is 4.39 Å². The van der Waals surface area contributed by atoms with E-state index in [4.69, 9.17) is 0 Å². The van der Waals surface area contributed by atoms with Gasteiger partial charge in [-0.3, -0.25) is 14.5 Å². The highest BCUT2D eigenvalue weighted by Crippen LogP contribution is 2.33. The number of imide groups is 1. The monoisotopic (exact) mass is 356 g/mol. The van der Waals surface area contributed by atoms with Gasteiger partial charge in [0.2, 0.25) is 0 Å². The van der Waals surface area contributed by atoms with Crippen molar-refractivity contribution < 1.29 is 14.0 Å². The third-order valence-corrected chi connectivity index (χ3v) is 4.92. The molecule has 0 unspecified atom stereocenters. The Labute approximate surface area is 149 Å². The number of thioether (sulfide) groups is 1. The summed E-state index contributed by atoms with van der Waals surface area (Å²) in [5, 5.41) is -0.296. The number of carbonyl (C=O) groups excluding carboxylic acids is 2. The number of rotatable bonds is 4. The number of hydrogen-bond donors (Lipinski definition) is 0. The molecule has 128 valence electrons. The van der Waals surface area contributed by atoms with E-state index in [9.17, 15) is 14.0 Å². The highest BCUT2D eigenvalue weighted by Gasteiger charge is 2.34. The molecule has 1 aromatic heterocycles. The van der Waals surface area contributed by atoms with Crippen LogP contribution in [-0.2, 0) is 4.79 Å². The van der Waals surface area contributed by atoms with Crippen LogP contribution in [0.25, 0.3) is 11.8 Å². The molecule has 1 aliphatic rings. The molecule has 6 heteroatoms. The lowest BCUT2D eigenvalue weighted by molar-refractivity contribution is -0.122. The van der Waals surface area contributed by atoms with Crippen LogP contribution in [0.1, 0.15) is 17.0 Å². The van der Waals surface area contributed by atoms with Gasteiger partial charge in [-0.15, -0.1) is 6.58 Å². The van der Waals surface area contributed by atoms with E-state index in [1.807, 2.05) is 30.5 Å². The molecule has 0 saturated carbocycles. The highest BCUT2D eigenvalue weighted by molar-refractivity contribution is 8.18. The van der Waals surface area contributed by atoms with Gasteiger partial charge < -0.3 is 4.57 Å². The van der Waals surface area contributed by atoms with Crippen LogP contribution in [-0.4, -0.2) is 27.2 Å². The summed E-state index contributed by atoms with van der Waals surface area (Å²) in [7, 11) is 0. The Morgan fingerprint density at radius 1 is 1.24 bits per heavy atom. The second-order valence-corrected chi connectivity index (χ2v) is 6.72. The number of benzene rings is 1. The molecular formula is C19H17FN2O2S. The van der Waals surface area contributed by atoms with Crippen molar-refractivity contribution in [1.82, 2.24) is 9.47 Å². The Balaban J connectivity index is 2.00.